The van der Waals surface area contributed by atoms with Crippen molar-refractivity contribution in [3.63, 3.8) is 0 Å². The number of nitrogens with one attached hydrogen (secondary N) is 1. The van der Waals surface area contributed by atoms with Crippen LogP contribution >= 0.6 is 0 Å². The van der Waals surface area contributed by atoms with Crippen LogP contribution in [0.25, 0.3) is 0 Å². The van der Waals surface area contributed by atoms with Crippen LogP contribution in [0.1, 0.15) is 68.8 Å². The number of nitrogens with two attached hydrogens (primary N) is 1. The molecule has 0 bridgehead atoms. The smallest absolute Gasteiger partial charge is 0.202 e. The molecule has 0 aromatic heterocycles. The minimum atomic E-state index is -2.02. The molecule has 8 N–H and O–H groups in total. The number of hydrogen-bond acceptors (Lipinski definition) is 12. The Hall–Kier alpha value is -3.39. The van der Waals surface area contributed by atoms with E-state index in [0.29, 0.717) is 0 Å². The lowest BCUT2D eigenvalue weighted by Crippen LogP contribution is -2.53. The first-order valence-electron chi connectivity index (χ1n) is 12.5. The number of aromatic hydroxyl groups is 2. The monoisotopic (exact) mass is 542 g/mol. The predicted octanol–water partition coefficient (Wildman–Crippen LogP) is 0.452. The molecule has 1 saturated heterocycles. The Balaban J connectivity index is 1.69. The maximum atomic E-state index is 13.7. The number of hydrogen-bond donors (Lipinski definition) is 7. The first-order valence-corrected chi connectivity index (χ1v) is 12.5. The molecule has 1 heterocycles. The van der Waals surface area contributed by atoms with Crippen LogP contribution in [0.5, 0.6) is 17.2 Å². The third-order valence-corrected chi connectivity index (χ3v) is 7.86. The van der Waals surface area contributed by atoms with Gasteiger partial charge in [0.05, 0.1) is 54.4 Å². The second-order valence-corrected chi connectivity index (χ2v) is 10.2. The highest BCUT2D eigenvalue weighted by molar-refractivity contribution is 6.31. The van der Waals surface area contributed by atoms with Crippen molar-refractivity contribution in [3.05, 3.63) is 51.6 Å². The van der Waals surface area contributed by atoms with Crippen molar-refractivity contribution in [2.24, 2.45) is 5.73 Å². The lowest BCUT2D eigenvalue weighted by atomic mass is 9.71. The summed E-state index contributed by atoms with van der Waals surface area (Å²) in [6.45, 7) is 0.802. The number of fused-ring (bicyclic) bond motifs is 3. The maximum absolute atomic E-state index is 13.7. The zero-order valence-corrected chi connectivity index (χ0v) is 21.3. The van der Waals surface area contributed by atoms with E-state index in [1.807, 2.05) is 0 Å². The van der Waals surface area contributed by atoms with Gasteiger partial charge in [0.25, 0.3) is 0 Å². The van der Waals surface area contributed by atoms with Gasteiger partial charge in [-0.1, -0.05) is 12.1 Å². The SMILES string of the molecule is COc1cccc2c1C(=O)c1c(O)c3c(c(O)c1C2=O)C[C@@](O)(C(=N)CO)C[C@@H]3OC1C[C@H](N)[C@H](O)[C@H](C)O1. The Labute approximate surface area is 223 Å². The van der Waals surface area contributed by atoms with Crippen molar-refractivity contribution in [1.82, 2.24) is 0 Å². The summed E-state index contributed by atoms with van der Waals surface area (Å²) in [6.07, 6.45) is -4.68. The van der Waals surface area contributed by atoms with Crippen molar-refractivity contribution >= 4 is 17.3 Å². The number of carbonyl (C=O) groups is 2. The van der Waals surface area contributed by atoms with Crippen molar-refractivity contribution in [2.75, 3.05) is 13.7 Å². The number of benzene rings is 2. The number of methoxy groups -OCH3 is 1. The summed E-state index contributed by atoms with van der Waals surface area (Å²) in [5.41, 5.74) is 2.40. The highest BCUT2D eigenvalue weighted by atomic mass is 16.7. The highest BCUT2D eigenvalue weighted by Crippen LogP contribution is 2.52. The Morgan fingerprint density at radius 2 is 1.87 bits per heavy atom. The molecular weight excluding hydrogens is 512 g/mol. The molecule has 1 aliphatic heterocycles. The molecule has 1 unspecified atom stereocenters. The van der Waals surface area contributed by atoms with Crippen LogP contribution in [0.15, 0.2) is 18.2 Å². The highest BCUT2D eigenvalue weighted by Gasteiger charge is 2.49. The van der Waals surface area contributed by atoms with Gasteiger partial charge in [-0.25, -0.2) is 0 Å². The van der Waals surface area contributed by atoms with Gasteiger partial charge in [0.1, 0.15) is 22.8 Å². The van der Waals surface area contributed by atoms with Crippen molar-refractivity contribution in [1.29, 1.82) is 5.41 Å². The van der Waals surface area contributed by atoms with Crippen molar-refractivity contribution in [2.45, 2.75) is 62.4 Å². The normalized spacial score (nSPS) is 29.8. The Morgan fingerprint density at radius 3 is 2.51 bits per heavy atom. The number of ketones is 2. The second-order valence-electron chi connectivity index (χ2n) is 10.2. The van der Waals surface area contributed by atoms with Gasteiger partial charge in [-0.2, -0.15) is 0 Å². The van der Waals surface area contributed by atoms with Gasteiger partial charge in [-0.15, -0.1) is 0 Å². The fourth-order valence-corrected chi connectivity index (χ4v) is 5.77. The van der Waals surface area contributed by atoms with Crippen LogP contribution < -0.4 is 10.5 Å². The minimum absolute atomic E-state index is 0.0272. The lowest BCUT2D eigenvalue weighted by molar-refractivity contribution is -0.245. The Bertz CT molecular complexity index is 1380. The number of ether oxygens (including phenoxy) is 3. The minimum Gasteiger partial charge on any atom is -0.507 e. The van der Waals surface area contributed by atoms with E-state index >= 15 is 0 Å². The summed E-state index contributed by atoms with van der Waals surface area (Å²) in [6, 6.07) is 3.71. The van der Waals surface area contributed by atoms with Crippen LogP contribution in [0.2, 0.25) is 0 Å². The average molecular weight is 543 g/mol. The fraction of sp³-hybridized carbons (Fsp3) is 0.444. The van der Waals surface area contributed by atoms with E-state index in [9.17, 15) is 35.1 Å². The third-order valence-electron chi connectivity index (χ3n) is 7.86. The van der Waals surface area contributed by atoms with E-state index in [-0.39, 0.29) is 40.8 Å². The van der Waals surface area contributed by atoms with Gasteiger partial charge in [0.2, 0.25) is 5.78 Å². The summed E-state index contributed by atoms with van der Waals surface area (Å²) in [4.78, 5) is 27.2. The molecular formula is C27H30N2O10. The Morgan fingerprint density at radius 1 is 1.18 bits per heavy atom. The molecule has 0 saturated carbocycles. The van der Waals surface area contributed by atoms with Crippen molar-refractivity contribution < 1.29 is 49.3 Å². The van der Waals surface area contributed by atoms with Crippen LogP contribution in [-0.4, -0.2) is 86.7 Å². The zero-order chi connectivity index (χ0) is 28.4. The van der Waals surface area contributed by atoms with Crippen LogP contribution in [-0.2, 0) is 15.9 Å². The number of phenols is 2. The summed E-state index contributed by atoms with van der Waals surface area (Å²) in [5.74, 6) is -2.63. The molecule has 0 amide bonds. The van der Waals surface area contributed by atoms with Crippen molar-refractivity contribution in [3.8, 4) is 17.2 Å². The molecule has 1 fully saturated rings. The molecule has 5 rings (SSSR count). The molecule has 2 aromatic carbocycles. The van der Waals surface area contributed by atoms with Crippen LogP contribution in [0, 0.1) is 5.41 Å². The molecule has 12 nitrogen and oxygen atoms in total. The second kappa shape index (κ2) is 9.66. The summed E-state index contributed by atoms with van der Waals surface area (Å²) < 4.78 is 17.1. The topological polar surface area (TPSA) is 213 Å². The van der Waals surface area contributed by atoms with Gasteiger partial charge in [0, 0.05) is 42.0 Å². The van der Waals surface area contributed by atoms with E-state index in [1.165, 1.54) is 25.3 Å². The molecule has 12 heteroatoms. The van der Waals surface area contributed by atoms with E-state index < -0.39 is 89.2 Å². The number of carbonyl (C=O) groups excluding carboxylic acids is 2. The first-order chi connectivity index (χ1) is 18.4. The largest absolute Gasteiger partial charge is 0.507 e. The predicted molar refractivity (Wildman–Crippen MR) is 134 cm³/mol. The van der Waals surface area contributed by atoms with E-state index in [0.717, 1.165) is 0 Å². The third kappa shape index (κ3) is 4.11. The quantitative estimate of drug-likeness (QED) is 0.174. The van der Waals surface area contributed by atoms with Gasteiger partial charge in [-0.05, 0) is 13.0 Å². The maximum Gasteiger partial charge on any atom is 0.202 e. The van der Waals surface area contributed by atoms with Crippen LogP contribution in [0.4, 0.5) is 0 Å². The molecule has 39 heavy (non-hydrogen) atoms. The summed E-state index contributed by atoms with van der Waals surface area (Å²) >= 11 is 0. The van der Waals surface area contributed by atoms with Crippen LogP contribution in [0.3, 0.4) is 0 Å². The van der Waals surface area contributed by atoms with Gasteiger partial charge in [0.15, 0.2) is 12.1 Å². The van der Waals surface area contributed by atoms with Gasteiger partial charge >= 0.3 is 0 Å². The number of aliphatic hydroxyl groups is 3. The zero-order valence-electron chi connectivity index (χ0n) is 21.3. The van der Waals surface area contributed by atoms with Gasteiger partial charge < -0.3 is 50.9 Å². The fourth-order valence-electron chi connectivity index (χ4n) is 5.77. The number of phenolic OH excluding ortho intramolecular Hbond substituents is 2. The molecule has 208 valence electrons. The lowest BCUT2D eigenvalue weighted by Gasteiger charge is -2.42. The number of aliphatic hydroxyl groups excluding tert-OH is 2. The van der Waals surface area contributed by atoms with E-state index in [2.05, 4.69) is 0 Å². The summed E-state index contributed by atoms with van der Waals surface area (Å²) in [7, 11) is 1.33. The molecule has 6 atom stereocenters. The molecule has 2 aliphatic carbocycles. The van der Waals surface area contributed by atoms with E-state index in [1.54, 1.807) is 6.92 Å². The number of rotatable bonds is 5. The molecule has 3 aliphatic rings. The molecule has 0 spiro atoms. The Kier molecular flexibility index (Phi) is 6.74. The van der Waals surface area contributed by atoms with Gasteiger partial charge in [-0.3, -0.25) is 9.59 Å². The summed E-state index contributed by atoms with van der Waals surface area (Å²) in [5, 5.41) is 62.2. The molecule has 0 radical (unpaired) electrons. The standard InChI is InChI=1S/C27H30N2O10/c1-10-22(31)13(28)6-17(38-10)39-15-8-27(36,16(29)9-30)7-12-19(15)26(35)21-20(24(12)33)23(32)11-4-3-5-14(37-2)18(11)25(21)34/h3-5,10,13,15,17,22,29-31,33,35-36H,6-9,28H2,1-2H3/t10-,13-,15-,17?,22+,27-/m0/s1. The van der Waals surface area contributed by atoms with E-state index in [4.69, 9.17) is 25.4 Å². The first kappa shape index (κ1) is 27.2. The average Bonchev–Trinajstić information content (AvgIpc) is 2.90. The molecule has 2 aromatic rings.